The molecule has 2 fully saturated rings. The molecule has 58 valence electrons. The summed E-state index contributed by atoms with van der Waals surface area (Å²) in [6, 6.07) is 0. The smallest absolute Gasteiger partial charge is 0.324 e. The Kier molecular flexibility index (Phi) is 3.64. The van der Waals surface area contributed by atoms with Gasteiger partial charge in [-0.05, 0) is 0 Å². The number of carbonyl (C=O) groups is 2. The largest absolute Gasteiger partial charge is 0.392 e. The molecule has 0 aromatic heterocycles. The quantitative estimate of drug-likeness (QED) is 0.276. The first kappa shape index (κ1) is 9.10. The minimum Gasteiger partial charge on any atom is -0.392 e. The number of cyclic esters (lactones) is 2. The molecule has 0 N–H and O–H groups in total. The molecule has 2 heterocycles. The van der Waals surface area contributed by atoms with E-state index in [-0.39, 0.29) is 13.8 Å². The zero-order chi connectivity index (χ0) is 6.69. The molecule has 0 amide bonds. The van der Waals surface area contributed by atoms with Crippen LogP contribution in [0.1, 0.15) is 13.8 Å². The minimum absolute atomic E-state index is 0. The molecule has 0 bridgehead atoms. The van der Waals surface area contributed by atoms with Crippen LogP contribution in [0.15, 0.2) is 0 Å². The van der Waals surface area contributed by atoms with Crippen molar-refractivity contribution in [2.75, 3.05) is 13.2 Å². The zero-order valence-electron chi connectivity index (χ0n) is 4.75. The van der Waals surface area contributed by atoms with E-state index < -0.39 is 11.9 Å². The molecule has 0 saturated carbocycles. The number of epoxide rings is 1. The second-order valence-electron chi connectivity index (χ2n) is 1.64. The van der Waals surface area contributed by atoms with Crippen molar-refractivity contribution in [3.8, 4) is 0 Å². The molecule has 0 aromatic carbocycles. The van der Waals surface area contributed by atoms with E-state index in [9.17, 15) is 9.59 Å². The number of esters is 2. The van der Waals surface area contributed by atoms with Gasteiger partial charge in [0.25, 0.3) is 0 Å². The summed E-state index contributed by atoms with van der Waals surface area (Å²) >= 11 is 0. The summed E-state index contributed by atoms with van der Waals surface area (Å²) in [5, 5.41) is 0. The van der Waals surface area contributed by atoms with Gasteiger partial charge in [0.05, 0.1) is 13.2 Å². The van der Waals surface area contributed by atoms with Gasteiger partial charge >= 0.3 is 11.9 Å². The molecule has 0 aromatic rings. The number of hydrogen-bond acceptors (Lipinski definition) is 4. The molecule has 4 nitrogen and oxygen atoms in total. The molecule has 2 rings (SSSR count). The highest BCUT2D eigenvalue weighted by atomic mass is 16.6. The maximum atomic E-state index is 9.67. The van der Waals surface area contributed by atoms with Crippen LogP contribution in [-0.2, 0) is 19.1 Å². The van der Waals surface area contributed by atoms with Crippen LogP contribution in [0.25, 0.3) is 0 Å². The van der Waals surface area contributed by atoms with E-state index in [0.717, 1.165) is 13.2 Å². The van der Waals surface area contributed by atoms with Gasteiger partial charge in [-0.1, -0.05) is 7.43 Å². The van der Waals surface area contributed by atoms with E-state index in [0.29, 0.717) is 0 Å². The zero-order valence-corrected chi connectivity index (χ0v) is 4.75. The van der Waals surface area contributed by atoms with E-state index >= 15 is 0 Å². The van der Waals surface area contributed by atoms with Gasteiger partial charge < -0.3 is 9.47 Å². The van der Waals surface area contributed by atoms with Crippen molar-refractivity contribution in [3.63, 3.8) is 0 Å². The first-order valence-electron chi connectivity index (χ1n) is 2.60. The topological polar surface area (TPSA) is 55.9 Å². The molecule has 4 heteroatoms. The van der Waals surface area contributed by atoms with Crippen molar-refractivity contribution in [3.05, 3.63) is 0 Å². The summed E-state index contributed by atoms with van der Waals surface area (Å²) in [4.78, 5) is 19.3. The third-order valence-corrected chi connectivity index (χ3v) is 0.720. The van der Waals surface area contributed by atoms with Gasteiger partial charge in [0.1, 0.15) is 6.42 Å². The lowest BCUT2D eigenvalue weighted by atomic mass is 10.4. The summed E-state index contributed by atoms with van der Waals surface area (Å²) < 4.78 is 8.36. The SMILES string of the molecule is C.C1CO1.O=C1CC(=O)O1. The maximum absolute atomic E-state index is 9.67. The fourth-order valence-corrected chi connectivity index (χ4v) is 0.236. The first-order chi connectivity index (χ1) is 4.29. The van der Waals surface area contributed by atoms with Crippen LogP contribution in [0.3, 0.4) is 0 Å². The summed E-state index contributed by atoms with van der Waals surface area (Å²) in [6.07, 6.45) is -0.0278. The normalized spacial score (nSPS) is 18.8. The standard InChI is InChI=1S/C3H2O3.C2H4O.CH4/c4-2-1-3(5)6-2;1-2-3-1;/h1H2;1-2H2;1H4. The summed E-state index contributed by atoms with van der Waals surface area (Å²) in [5.41, 5.74) is 0. The van der Waals surface area contributed by atoms with Gasteiger partial charge in [0, 0.05) is 0 Å². The Balaban J connectivity index is 0.000000174. The Bertz CT molecular complexity index is 114. The van der Waals surface area contributed by atoms with E-state index in [4.69, 9.17) is 0 Å². The Hall–Kier alpha value is -0.900. The average molecular weight is 146 g/mol. The predicted molar refractivity (Wildman–Crippen MR) is 33.3 cm³/mol. The summed E-state index contributed by atoms with van der Waals surface area (Å²) in [6.45, 7) is 2.00. The fourth-order valence-electron chi connectivity index (χ4n) is 0.236. The molecule has 2 aliphatic rings. The molecular weight excluding hydrogens is 136 g/mol. The van der Waals surface area contributed by atoms with Gasteiger partial charge in [-0.3, -0.25) is 9.59 Å². The third-order valence-electron chi connectivity index (χ3n) is 0.720. The number of carbonyl (C=O) groups excluding carboxylic acids is 2. The second-order valence-corrected chi connectivity index (χ2v) is 1.64. The lowest BCUT2D eigenvalue weighted by molar-refractivity contribution is -0.174. The number of rotatable bonds is 0. The highest BCUT2D eigenvalue weighted by Crippen LogP contribution is 2.00. The van der Waals surface area contributed by atoms with Crippen molar-refractivity contribution in [2.24, 2.45) is 0 Å². The van der Waals surface area contributed by atoms with Crippen LogP contribution in [0.4, 0.5) is 0 Å². The fraction of sp³-hybridized carbons (Fsp3) is 0.667. The number of ether oxygens (including phenoxy) is 2. The minimum atomic E-state index is -0.417. The van der Waals surface area contributed by atoms with Crippen molar-refractivity contribution < 1.29 is 19.1 Å². The van der Waals surface area contributed by atoms with E-state index in [1.54, 1.807) is 0 Å². The molecule has 0 spiro atoms. The van der Waals surface area contributed by atoms with Crippen LogP contribution in [-0.4, -0.2) is 25.2 Å². The summed E-state index contributed by atoms with van der Waals surface area (Å²) in [5.74, 6) is -0.833. The van der Waals surface area contributed by atoms with Crippen molar-refractivity contribution in [1.82, 2.24) is 0 Å². The van der Waals surface area contributed by atoms with Crippen LogP contribution in [0.2, 0.25) is 0 Å². The van der Waals surface area contributed by atoms with Gasteiger partial charge in [0.15, 0.2) is 0 Å². The van der Waals surface area contributed by atoms with Crippen LogP contribution in [0.5, 0.6) is 0 Å². The Morgan fingerprint density at radius 3 is 1.40 bits per heavy atom. The van der Waals surface area contributed by atoms with Crippen molar-refractivity contribution in [2.45, 2.75) is 13.8 Å². The van der Waals surface area contributed by atoms with Crippen LogP contribution < -0.4 is 0 Å². The van der Waals surface area contributed by atoms with Gasteiger partial charge in [-0.15, -0.1) is 0 Å². The van der Waals surface area contributed by atoms with Gasteiger partial charge in [0.2, 0.25) is 0 Å². The predicted octanol–water partition coefficient (Wildman–Crippen LogP) is 0.113. The molecule has 0 unspecified atom stereocenters. The third kappa shape index (κ3) is 4.03. The van der Waals surface area contributed by atoms with E-state index in [1.165, 1.54) is 0 Å². The molecule has 0 atom stereocenters. The molecule has 2 saturated heterocycles. The highest BCUT2D eigenvalue weighted by molar-refractivity contribution is 6.06. The molecular formula is C6H10O4. The second kappa shape index (κ2) is 4.00. The van der Waals surface area contributed by atoms with Crippen LogP contribution in [0, 0.1) is 0 Å². The van der Waals surface area contributed by atoms with Crippen molar-refractivity contribution >= 4 is 11.9 Å². The van der Waals surface area contributed by atoms with E-state index in [2.05, 4.69) is 9.47 Å². The average Bonchev–Trinajstić information content (AvgIpc) is 2.43. The van der Waals surface area contributed by atoms with E-state index in [1.807, 2.05) is 0 Å². The highest BCUT2D eigenvalue weighted by Gasteiger charge is 2.24. The van der Waals surface area contributed by atoms with Crippen LogP contribution >= 0.6 is 0 Å². The lowest BCUT2D eigenvalue weighted by Gasteiger charge is -2.06. The molecule has 0 radical (unpaired) electrons. The lowest BCUT2D eigenvalue weighted by Crippen LogP contribution is -2.26. The van der Waals surface area contributed by atoms with Crippen molar-refractivity contribution in [1.29, 1.82) is 0 Å². The first-order valence-corrected chi connectivity index (χ1v) is 2.60. The molecule has 0 aliphatic carbocycles. The monoisotopic (exact) mass is 146 g/mol. The Morgan fingerprint density at radius 1 is 1.10 bits per heavy atom. The summed E-state index contributed by atoms with van der Waals surface area (Å²) in [7, 11) is 0. The van der Waals surface area contributed by atoms with Gasteiger partial charge in [-0.25, -0.2) is 0 Å². The number of hydrogen-bond donors (Lipinski definition) is 0. The Labute approximate surface area is 59.1 Å². The Morgan fingerprint density at radius 2 is 1.40 bits per heavy atom. The molecule has 10 heavy (non-hydrogen) atoms. The maximum Gasteiger partial charge on any atom is 0.324 e. The molecule has 2 aliphatic heterocycles. The van der Waals surface area contributed by atoms with Gasteiger partial charge in [-0.2, -0.15) is 0 Å².